The first kappa shape index (κ1) is 15.7. The first-order valence-electron chi connectivity index (χ1n) is 7.42. The monoisotopic (exact) mass is 304 g/mol. The molecule has 2 aliphatic rings. The summed E-state index contributed by atoms with van der Waals surface area (Å²) in [6, 6.07) is -0.357. The number of aliphatic hydroxyl groups excluding tert-OH is 1. The zero-order valence-electron chi connectivity index (χ0n) is 12.0. The number of carbonyl (C=O) groups excluding carboxylic acids is 1. The van der Waals surface area contributed by atoms with Gasteiger partial charge in [-0.25, -0.2) is 8.42 Å². The van der Waals surface area contributed by atoms with E-state index in [1.54, 1.807) is 4.90 Å². The van der Waals surface area contributed by atoms with Gasteiger partial charge in [-0.15, -0.1) is 0 Å². The number of nitrogens with zero attached hydrogens (tertiary/aromatic N) is 2. The smallest absolute Gasteiger partial charge is 0.241 e. The van der Waals surface area contributed by atoms with Crippen LogP contribution in [0.1, 0.15) is 39.0 Å². The predicted octanol–water partition coefficient (Wildman–Crippen LogP) is 0.174. The molecule has 1 saturated carbocycles. The van der Waals surface area contributed by atoms with Crippen LogP contribution in [0.5, 0.6) is 0 Å². The summed E-state index contributed by atoms with van der Waals surface area (Å²) in [6.45, 7) is 2.50. The fraction of sp³-hybridized carbons (Fsp3) is 0.923. The lowest BCUT2D eigenvalue weighted by Gasteiger charge is -2.29. The van der Waals surface area contributed by atoms with Gasteiger partial charge < -0.3 is 10.0 Å². The average Bonchev–Trinajstić information content (AvgIpc) is 3.10. The molecule has 0 radical (unpaired) electrons. The average molecular weight is 304 g/mol. The van der Waals surface area contributed by atoms with Crippen molar-refractivity contribution >= 4 is 15.9 Å². The molecule has 0 aromatic carbocycles. The Labute approximate surface area is 120 Å². The minimum absolute atomic E-state index is 0.0727. The third-order valence-electron chi connectivity index (χ3n) is 3.92. The Hall–Kier alpha value is -0.660. The van der Waals surface area contributed by atoms with E-state index in [2.05, 4.69) is 0 Å². The van der Waals surface area contributed by atoms with E-state index >= 15 is 0 Å². The molecule has 0 spiro atoms. The molecule has 0 aromatic rings. The summed E-state index contributed by atoms with van der Waals surface area (Å²) < 4.78 is 25.8. The van der Waals surface area contributed by atoms with Gasteiger partial charge in [0.25, 0.3) is 0 Å². The molecule has 0 bridgehead atoms. The molecule has 6 nitrogen and oxygen atoms in total. The largest absolute Gasteiger partial charge is 0.395 e. The van der Waals surface area contributed by atoms with Crippen LogP contribution in [0, 0.1) is 0 Å². The fourth-order valence-corrected chi connectivity index (χ4v) is 4.59. The van der Waals surface area contributed by atoms with Crippen LogP contribution in [-0.2, 0) is 14.8 Å². The Balaban J connectivity index is 2.11. The first-order chi connectivity index (χ1) is 9.51. The highest BCUT2D eigenvalue weighted by Gasteiger charge is 2.43. The van der Waals surface area contributed by atoms with Crippen LogP contribution < -0.4 is 0 Å². The third-order valence-corrected chi connectivity index (χ3v) is 6.00. The van der Waals surface area contributed by atoms with E-state index in [0.717, 1.165) is 19.3 Å². The van der Waals surface area contributed by atoms with Crippen molar-refractivity contribution in [2.45, 2.75) is 51.1 Å². The molecule has 1 N–H and O–H groups in total. The van der Waals surface area contributed by atoms with Crippen molar-refractivity contribution in [3.05, 3.63) is 0 Å². The number of hydrogen-bond donors (Lipinski definition) is 1. The Kier molecular flexibility index (Phi) is 5.04. The lowest BCUT2D eigenvalue weighted by molar-refractivity contribution is -0.135. The maximum atomic E-state index is 12.6. The summed E-state index contributed by atoms with van der Waals surface area (Å²) in [5, 5.41) is 9.09. The lowest BCUT2D eigenvalue weighted by atomic mass is 10.2. The minimum atomic E-state index is -3.33. The van der Waals surface area contributed by atoms with Crippen molar-refractivity contribution in [1.82, 2.24) is 9.21 Å². The molecule has 1 atom stereocenters. The highest BCUT2D eigenvalue weighted by atomic mass is 32.2. The second-order valence-electron chi connectivity index (χ2n) is 5.57. The summed E-state index contributed by atoms with van der Waals surface area (Å²) in [7, 11) is -3.33. The van der Waals surface area contributed by atoms with E-state index < -0.39 is 16.1 Å². The van der Waals surface area contributed by atoms with Crippen LogP contribution in [0.2, 0.25) is 0 Å². The SMILES string of the molecule is CCCS(=O)(=O)N1CCCC1C(=O)N(CCO)C1CC1. The molecular weight excluding hydrogens is 280 g/mol. The number of rotatable bonds is 7. The summed E-state index contributed by atoms with van der Waals surface area (Å²) in [6.07, 6.45) is 3.80. The van der Waals surface area contributed by atoms with Crippen LogP contribution in [0.25, 0.3) is 0 Å². The Bertz CT molecular complexity index is 447. The fourth-order valence-electron chi connectivity index (χ4n) is 2.85. The molecule has 2 rings (SSSR count). The van der Waals surface area contributed by atoms with Crippen LogP contribution >= 0.6 is 0 Å². The molecule has 2 fully saturated rings. The molecule has 1 saturated heterocycles. The van der Waals surface area contributed by atoms with E-state index in [1.165, 1.54) is 4.31 Å². The van der Waals surface area contributed by atoms with Gasteiger partial charge in [-0.1, -0.05) is 6.92 Å². The molecule has 20 heavy (non-hydrogen) atoms. The normalized spacial score (nSPS) is 24.0. The molecule has 1 aliphatic heterocycles. The van der Waals surface area contributed by atoms with E-state index in [4.69, 9.17) is 5.11 Å². The molecule has 0 aromatic heterocycles. The highest BCUT2D eigenvalue weighted by Crippen LogP contribution is 2.30. The molecule has 116 valence electrons. The Morgan fingerprint density at radius 3 is 2.60 bits per heavy atom. The van der Waals surface area contributed by atoms with E-state index in [1.807, 2.05) is 6.92 Å². The molecule has 1 aliphatic carbocycles. The van der Waals surface area contributed by atoms with Crippen molar-refractivity contribution in [1.29, 1.82) is 0 Å². The topological polar surface area (TPSA) is 77.9 Å². The predicted molar refractivity (Wildman–Crippen MR) is 75.6 cm³/mol. The van der Waals surface area contributed by atoms with Crippen LogP contribution in [-0.4, -0.2) is 66.2 Å². The Morgan fingerprint density at radius 1 is 1.35 bits per heavy atom. The molecule has 7 heteroatoms. The van der Waals surface area contributed by atoms with Crippen LogP contribution in [0.15, 0.2) is 0 Å². The number of amides is 1. The number of hydrogen-bond acceptors (Lipinski definition) is 4. The summed E-state index contributed by atoms with van der Waals surface area (Å²) in [4.78, 5) is 14.3. The van der Waals surface area contributed by atoms with Gasteiger partial charge >= 0.3 is 0 Å². The van der Waals surface area contributed by atoms with Crippen molar-refractivity contribution in [2.24, 2.45) is 0 Å². The minimum Gasteiger partial charge on any atom is -0.395 e. The third kappa shape index (κ3) is 3.32. The van der Waals surface area contributed by atoms with Gasteiger partial charge in [0.05, 0.1) is 12.4 Å². The van der Waals surface area contributed by atoms with Crippen molar-refractivity contribution in [2.75, 3.05) is 25.4 Å². The van der Waals surface area contributed by atoms with E-state index in [9.17, 15) is 13.2 Å². The second kappa shape index (κ2) is 6.41. The number of carbonyl (C=O) groups is 1. The van der Waals surface area contributed by atoms with Crippen molar-refractivity contribution in [3.8, 4) is 0 Å². The molecule has 1 heterocycles. The maximum Gasteiger partial charge on any atom is 0.241 e. The zero-order valence-corrected chi connectivity index (χ0v) is 12.8. The van der Waals surface area contributed by atoms with Gasteiger partial charge in [0, 0.05) is 19.1 Å². The molecular formula is C13H24N2O4S. The van der Waals surface area contributed by atoms with Gasteiger partial charge in [-0.3, -0.25) is 4.79 Å². The summed E-state index contributed by atoms with van der Waals surface area (Å²) in [5.41, 5.74) is 0. The van der Waals surface area contributed by atoms with Gasteiger partial charge in [0.15, 0.2) is 0 Å². The summed E-state index contributed by atoms with van der Waals surface area (Å²) in [5.74, 6) is -0.0287. The van der Waals surface area contributed by atoms with Gasteiger partial charge in [-0.2, -0.15) is 4.31 Å². The van der Waals surface area contributed by atoms with Crippen molar-refractivity contribution in [3.63, 3.8) is 0 Å². The highest BCUT2D eigenvalue weighted by molar-refractivity contribution is 7.89. The second-order valence-corrected chi connectivity index (χ2v) is 7.61. The van der Waals surface area contributed by atoms with Crippen LogP contribution in [0.3, 0.4) is 0 Å². The van der Waals surface area contributed by atoms with Gasteiger partial charge in [-0.05, 0) is 32.1 Å². The first-order valence-corrected chi connectivity index (χ1v) is 9.03. The zero-order chi connectivity index (χ0) is 14.8. The van der Waals surface area contributed by atoms with Crippen molar-refractivity contribution < 1.29 is 18.3 Å². The lowest BCUT2D eigenvalue weighted by Crippen LogP contribution is -2.49. The van der Waals surface area contributed by atoms with E-state index in [-0.39, 0.29) is 24.3 Å². The maximum absolute atomic E-state index is 12.6. The Morgan fingerprint density at radius 2 is 2.05 bits per heavy atom. The van der Waals surface area contributed by atoms with Gasteiger partial charge in [0.1, 0.15) is 6.04 Å². The molecule has 1 unspecified atom stereocenters. The molecule has 1 amide bonds. The quantitative estimate of drug-likeness (QED) is 0.727. The van der Waals surface area contributed by atoms with E-state index in [0.29, 0.717) is 25.9 Å². The standard InChI is InChI=1S/C13H24N2O4S/c1-2-10-20(18,19)15-7-3-4-12(15)13(17)14(8-9-16)11-5-6-11/h11-12,16H,2-10H2,1H3. The number of aliphatic hydroxyl groups is 1. The summed E-state index contributed by atoms with van der Waals surface area (Å²) >= 11 is 0. The van der Waals surface area contributed by atoms with Crippen LogP contribution in [0.4, 0.5) is 0 Å². The number of sulfonamides is 1. The van der Waals surface area contributed by atoms with Gasteiger partial charge in [0.2, 0.25) is 15.9 Å².